The molecule has 1 amide bonds. The van der Waals surface area contributed by atoms with Gasteiger partial charge in [-0.3, -0.25) is 4.79 Å². The molecular formula is C28H29F2N7O. The molecule has 2 aromatic heterocycles. The zero-order chi connectivity index (χ0) is 32.5. The minimum absolute atomic E-state index is 0.0670. The van der Waals surface area contributed by atoms with Crippen molar-refractivity contribution in [2.24, 2.45) is 0 Å². The van der Waals surface area contributed by atoms with E-state index in [1.165, 1.54) is 41.0 Å². The average Bonchev–Trinajstić information content (AvgIpc) is 3.60. The van der Waals surface area contributed by atoms with E-state index in [1.54, 1.807) is 12.3 Å². The number of fused-ring (bicyclic) bond motifs is 1. The Labute approximate surface area is 229 Å². The van der Waals surface area contributed by atoms with Gasteiger partial charge in [-0.2, -0.15) is 5.10 Å². The molecule has 2 aromatic carbocycles. The molecule has 8 nitrogen and oxygen atoms in total. The predicted octanol–water partition coefficient (Wildman–Crippen LogP) is 4.40. The number of carbonyl (C=O) groups is 1. The van der Waals surface area contributed by atoms with E-state index in [-0.39, 0.29) is 22.5 Å². The van der Waals surface area contributed by atoms with Crippen LogP contribution in [0.4, 0.5) is 26.0 Å². The minimum Gasteiger partial charge on any atom is -0.369 e. The van der Waals surface area contributed by atoms with Crippen molar-refractivity contribution >= 4 is 28.7 Å². The molecule has 0 aliphatic carbocycles. The molecule has 2 fully saturated rings. The summed E-state index contributed by atoms with van der Waals surface area (Å²) in [5.41, 5.74) is 0.879. The van der Waals surface area contributed by atoms with Gasteiger partial charge in [-0.15, -0.1) is 0 Å². The normalized spacial score (nSPS) is 28.4. The van der Waals surface area contributed by atoms with E-state index in [2.05, 4.69) is 20.7 Å². The van der Waals surface area contributed by atoms with Gasteiger partial charge in [-0.1, -0.05) is 0 Å². The summed E-state index contributed by atoms with van der Waals surface area (Å²) in [4.78, 5) is 20.4. The van der Waals surface area contributed by atoms with E-state index in [4.69, 9.17) is 9.60 Å². The highest BCUT2D eigenvalue weighted by atomic mass is 19.1. The number of nitrogens with one attached hydrogen (secondary N) is 2. The highest BCUT2D eigenvalue weighted by molar-refractivity contribution is 6.06. The Hall–Kier alpha value is -4.05. The summed E-state index contributed by atoms with van der Waals surface area (Å²) in [6.45, 7) is -6.66. The van der Waals surface area contributed by atoms with Crippen LogP contribution >= 0.6 is 0 Å². The highest BCUT2D eigenvalue weighted by Crippen LogP contribution is 2.37. The number of anilines is 3. The molecule has 2 aliphatic rings. The second-order valence-corrected chi connectivity index (χ2v) is 9.06. The zero-order valence-electron chi connectivity index (χ0n) is 27.4. The monoisotopic (exact) mass is 524 g/mol. The summed E-state index contributed by atoms with van der Waals surface area (Å²) in [5, 5.41) is 9.09. The van der Waals surface area contributed by atoms with Crippen LogP contribution in [0.5, 0.6) is 0 Å². The van der Waals surface area contributed by atoms with Crippen molar-refractivity contribution in [2.45, 2.75) is 31.8 Å². The molecule has 196 valence electrons. The number of aromatic nitrogens is 3. The second-order valence-electron chi connectivity index (χ2n) is 9.06. The molecule has 4 heterocycles. The lowest BCUT2D eigenvalue weighted by Crippen LogP contribution is -2.49. The second kappa shape index (κ2) is 10.0. The fourth-order valence-electron chi connectivity index (χ4n) is 4.73. The summed E-state index contributed by atoms with van der Waals surface area (Å²) in [6, 6.07) is 7.68. The van der Waals surface area contributed by atoms with E-state index in [0.29, 0.717) is 29.3 Å². The van der Waals surface area contributed by atoms with Gasteiger partial charge < -0.3 is 20.4 Å². The Kier molecular flexibility index (Phi) is 4.60. The summed E-state index contributed by atoms with van der Waals surface area (Å²) in [7, 11) is 0. The van der Waals surface area contributed by atoms with Gasteiger partial charge in [0.05, 0.1) is 17.7 Å². The smallest absolute Gasteiger partial charge is 0.255 e. The molecule has 0 spiro atoms. The van der Waals surface area contributed by atoms with Gasteiger partial charge in [0.15, 0.2) is 5.65 Å². The number of carbonyl (C=O) groups excluding carboxylic acids is 1. The molecule has 2 atom stereocenters. The molecular weight excluding hydrogens is 488 g/mol. The quantitative estimate of drug-likeness (QED) is 0.403. The Morgan fingerprint density at radius 2 is 2.05 bits per heavy atom. The molecule has 0 saturated carbocycles. The van der Waals surface area contributed by atoms with Gasteiger partial charge in [0.25, 0.3) is 5.91 Å². The van der Waals surface area contributed by atoms with Crippen molar-refractivity contribution in [1.82, 2.24) is 19.9 Å². The number of rotatable bonds is 5. The maximum Gasteiger partial charge on any atom is 0.255 e. The van der Waals surface area contributed by atoms with Gasteiger partial charge in [0.1, 0.15) is 23.1 Å². The predicted molar refractivity (Wildman–Crippen MR) is 143 cm³/mol. The van der Waals surface area contributed by atoms with Crippen LogP contribution in [0, 0.1) is 11.6 Å². The lowest BCUT2D eigenvalue weighted by Gasteiger charge is -2.33. The van der Waals surface area contributed by atoms with Crippen LogP contribution in [0.3, 0.4) is 0 Å². The number of hydrogen-bond acceptors (Lipinski definition) is 6. The molecule has 38 heavy (non-hydrogen) atoms. The Morgan fingerprint density at radius 3 is 2.89 bits per heavy atom. The van der Waals surface area contributed by atoms with Crippen molar-refractivity contribution in [2.75, 3.05) is 41.2 Å². The number of amides is 1. The number of piperazine rings is 1. The SMILES string of the molecule is [2H]C1([2H])NC([2H])(C)C([2H])([2H])N(c2ccc(C(=O)Nc3cnn4ccc(N5CCC[C@@H]5c5cc(F)ccc5F)nc34)cc2)C1([2H])[2H]. The third-order valence-electron chi connectivity index (χ3n) is 6.55. The number of benzene rings is 2. The summed E-state index contributed by atoms with van der Waals surface area (Å²) in [5.74, 6) is -1.11. The van der Waals surface area contributed by atoms with Gasteiger partial charge in [0.2, 0.25) is 0 Å². The number of halogens is 2. The van der Waals surface area contributed by atoms with Crippen LogP contribution in [-0.2, 0) is 0 Å². The molecule has 6 rings (SSSR count). The third-order valence-corrected chi connectivity index (χ3v) is 6.55. The van der Waals surface area contributed by atoms with Crippen LogP contribution in [0.2, 0.25) is 0 Å². The first-order chi connectivity index (χ1) is 21.0. The topological polar surface area (TPSA) is 77.8 Å². The van der Waals surface area contributed by atoms with Crippen molar-refractivity contribution in [3.05, 3.63) is 83.7 Å². The number of nitrogens with zero attached hydrogens (tertiary/aromatic N) is 5. The van der Waals surface area contributed by atoms with E-state index in [9.17, 15) is 13.6 Å². The Morgan fingerprint density at radius 1 is 1.21 bits per heavy atom. The average molecular weight is 525 g/mol. The van der Waals surface area contributed by atoms with E-state index in [0.717, 1.165) is 25.5 Å². The fraction of sp³-hybridized carbons (Fsp3) is 0.321. The summed E-state index contributed by atoms with van der Waals surface area (Å²) >= 11 is 0. The van der Waals surface area contributed by atoms with Crippen LogP contribution < -0.4 is 20.4 Å². The first kappa shape index (κ1) is 17.5. The van der Waals surface area contributed by atoms with Crippen molar-refractivity contribution in [1.29, 1.82) is 0 Å². The lowest BCUT2D eigenvalue weighted by atomic mass is 10.0. The van der Waals surface area contributed by atoms with Crippen LogP contribution in [0.15, 0.2) is 60.9 Å². The summed E-state index contributed by atoms with van der Waals surface area (Å²) in [6.07, 6.45) is 4.41. The van der Waals surface area contributed by atoms with E-state index < -0.39 is 49.1 Å². The zero-order valence-corrected chi connectivity index (χ0v) is 20.4. The van der Waals surface area contributed by atoms with Gasteiger partial charge in [-0.05, 0) is 68.3 Å². The Balaban J connectivity index is 1.25. The maximum absolute atomic E-state index is 14.6. The van der Waals surface area contributed by atoms with Crippen molar-refractivity contribution in [3.63, 3.8) is 0 Å². The molecule has 0 bridgehead atoms. The maximum atomic E-state index is 14.6. The lowest BCUT2D eigenvalue weighted by molar-refractivity contribution is 0.102. The van der Waals surface area contributed by atoms with Gasteiger partial charge >= 0.3 is 0 Å². The minimum atomic E-state index is -2.89. The van der Waals surface area contributed by atoms with Gasteiger partial charge in [-0.25, -0.2) is 18.3 Å². The standard InChI is InChI=1S/C28H29F2N7O/c1-18-17-35(14-11-31-18)21-7-4-19(5-8-21)28(38)33-24-16-32-37-13-10-26(34-27(24)37)36-12-2-3-25(36)22-15-20(29)6-9-23(22)30/h4-10,13,15-16,18,25,31H,2-3,11-12,14,17H2,1H3,(H,33,38)/t18?,25-/m1/s1/i11D2,14D2,17D2,18D. The summed E-state index contributed by atoms with van der Waals surface area (Å²) < 4.78 is 88.2. The molecule has 10 heteroatoms. The largest absolute Gasteiger partial charge is 0.369 e. The van der Waals surface area contributed by atoms with E-state index >= 15 is 0 Å². The molecule has 2 aliphatic heterocycles. The first-order valence-corrected chi connectivity index (χ1v) is 12.1. The molecule has 1 unspecified atom stereocenters. The first-order valence-electron chi connectivity index (χ1n) is 15.6. The van der Waals surface area contributed by atoms with Crippen molar-refractivity contribution < 1.29 is 23.2 Å². The Bertz CT molecular complexity index is 1760. The van der Waals surface area contributed by atoms with Crippen molar-refractivity contribution in [3.8, 4) is 0 Å². The molecule has 4 aromatic rings. The third kappa shape index (κ3) is 4.67. The van der Waals surface area contributed by atoms with Gasteiger partial charge in [0, 0.05) is 59.2 Å². The fourth-order valence-corrected chi connectivity index (χ4v) is 4.73. The molecule has 2 saturated heterocycles. The molecule has 0 radical (unpaired) electrons. The van der Waals surface area contributed by atoms with Crippen LogP contribution in [-0.4, -0.2) is 52.6 Å². The van der Waals surface area contributed by atoms with Crippen LogP contribution in [0.1, 0.15) is 51.3 Å². The van der Waals surface area contributed by atoms with Crippen LogP contribution in [0.25, 0.3) is 5.65 Å². The molecule has 2 N–H and O–H groups in total. The van der Waals surface area contributed by atoms with E-state index in [1.807, 2.05) is 4.90 Å². The highest BCUT2D eigenvalue weighted by Gasteiger charge is 2.30. The number of hydrogen-bond donors (Lipinski definition) is 2.